The first-order valence-corrected chi connectivity index (χ1v) is 8.40. The number of hydrogen-bond acceptors (Lipinski definition) is 3. The van der Waals surface area contributed by atoms with E-state index < -0.39 is 0 Å². The number of thiocarbonyl (C=S) groups is 1. The van der Waals surface area contributed by atoms with E-state index >= 15 is 0 Å². The molecule has 3 rings (SSSR count). The Morgan fingerprint density at radius 1 is 1.04 bits per heavy atom. The fourth-order valence-electron chi connectivity index (χ4n) is 2.78. The third-order valence-electron chi connectivity index (χ3n) is 4.06. The molecule has 0 N–H and O–H groups in total. The minimum atomic E-state index is 0.775. The van der Waals surface area contributed by atoms with Crippen LogP contribution in [0.4, 0.5) is 5.69 Å². The zero-order chi connectivity index (χ0) is 16.2. The summed E-state index contributed by atoms with van der Waals surface area (Å²) in [4.78, 5) is 5.48. The van der Waals surface area contributed by atoms with Crippen LogP contribution in [0.5, 0.6) is 5.75 Å². The quantitative estimate of drug-likeness (QED) is 0.784. The molecule has 1 aliphatic rings. The summed E-state index contributed by atoms with van der Waals surface area (Å²) in [7, 11) is 1.67. The van der Waals surface area contributed by atoms with E-state index in [1.807, 2.05) is 42.5 Å². The third-order valence-corrected chi connectivity index (χ3v) is 4.79. The smallest absolute Gasteiger partial charge is 0.119 e. The summed E-state index contributed by atoms with van der Waals surface area (Å²) in [6.07, 6.45) is 0. The van der Waals surface area contributed by atoms with E-state index in [-0.39, 0.29) is 0 Å². The van der Waals surface area contributed by atoms with Gasteiger partial charge in [-0.15, -0.1) is 0 Å². The summed E-state index contributed by atoms with van der Waals surface area (Å²) < 4.78 is 5.28. The molecule has 0 amide bonds. The van der Waals surface area contributed by atoms with Gasteiger partial charge in [0, 0.05) is 42.5 Å². The molecule has 1 heterocycles. The van der Waals surface area contributed by atoms with Crippen LogP contribution in [0.3, 0.4) is 0 Å². The summed E-state index contributed by atoms with van der Waals surface area (Å²) in [5.41, 5.74) is 2.21. The highest BCUT2D eigenvalue weighted by molar-refractivity contribution is 7.80. The van der Waals surface area contributed by atoms with E-state index in [0.717, 1.165) is 47.5 Å². The van der Waals surface area contributed by atoms with Crippen LogP contribution in [-0.2, 0) is 0 Å². The van der Waals surface area contributed by atoms with Crippen molar-refractivity contribution >= 4 is 34.5 Å². The Bertz CT molecular complexity index is 699. The molecular weight excluding hydrogens is 328 g/mol. The van der Waals surface area contributed by atoms with Gasteiger partial charge in [0.05, 0.1) is 7.11 Å². The molecule has 0 saturated carbocycles. The highest BCUT2D eigenvalue weighted by Gasteiger charge is 2.20. The molecule has 0 radical (unpaired) electrons. The van der Waals surface area contributed by atoms with Crippen LogP contribution < -0.4 is 9.64 Å². The molecule has 23 heavy (non-hydrogen) atoms. The average Bonchev–Trinajstić information content (AvgIpc) is 2.61. The SMILES string of the molecule is COc1cccc(C(=S)N2CCN(c3cccc(Cl)c3)CC2)c1. The molecule has 3 nitrogen and oxygen atoms in total. The summed E-state index contributed by atoms with van der Waals surface area (Å²) in [6, 6.07) is 15.9. The lowest BCUT2D eigenvalue weighted by Gasteiger charge is -2.37. The number of ether oxygens (including phenoxy) is 1. The van der Waals surface area contributed by atoms with Crippen LogP contribution in [0.2, 0.25) is 5.02 Å². The molecule has 1 saturated heterocycles. The van der Waals surface area contributed by atoms with Gasteiger partial charge in [0.2, 0.25) is 0 Å². The Morgan fingerprint density at radius 2 is 1.78 bits per heavy atom. The molecule has 0 atom stereocenters. The standard InChI is InChI=1S/C18H19ClN2OS/c1-22-17-7-2-4-14(12-17)18(23)21-10-8-20(9-11-21)16-6-3-5-15(19)13-16/h2-7,12-13H,8-11H2,1H3. The van der Waals surface area contributed by atoms with E-state index in [1.165, 1.54) is 5.69 Å². The summed E-state index contributed by atoms with van der Waals surface area (Å²) in [6.45, 7) is 3.68. The predicted octanol–water partition coefficient (Wildman–Crippen LogP) is 3.85. The zero-order valence-electron chi connectivity index (χ0n) is 13.0. The molecular formula is C18H19ClN2OS. The van der Waals surface area contributed by atoms with Crippen LogP contribution in [0.25, 0.3) is 0 Å². The highest BCUT2D eigenvalue weighted by Crippen LogP contribution is 2.22. The van der Waals surface area contributed by atoms with Crippen molar-refractivity contribution in [1.29, 1.82) is 0 Å². The number of rotatable bonds is 3. The largest absolute Gasteiger partial charge is 0.497 e. The molecule has 120 valence electrons. The second kappa shape index (κ2) is 7.20. The second-order valence-electron chi connectivity index (χ2n) is 5.49. The van der Waals surface area contributed by atoms with E-state index in [4.69, 9.17) is 28.6 Å². The summed E-state index contributed by atoms with van der Waals surface area (Å²) >= 11 is 11.7. The van der Waals surface area contributed by atoms with Gasteiger partial charge in [-0.1, -0.05) is 42.0 Å². The molecule has 0 bridgehead atoms. The lowest BCUT2D eigenvalue weighted by atomic mass is 10.1. The normalized spacial score (nSPS) is 14.7. The van der Waals surface area contributed by atoms with Crippen molar-refractivity contribution < 1.29 is 4.74 Å². The van der Waals surface area contributed by atoms with E-state index in [9.17, 15) is 0 Å². The number of anilines is 1. The first-order chi connectivity index (χ1) is 11.2. The molecule has 5 heteroatoms. The third kappa shape index (κ3) is 3.77. The van der Waals surface area contributed by atoms with Crippen molar-refractivity contribution in [2.45, 2.75) is 0 Å². The molecule has 1 fully saturated rings. The van der Waals surface area contributed by atoms with Crippen molar-refractivity contribution in [3.05, 3.63) is 59.1 Å². The van der Waals surface area contributed by atoms with Crippen LogP contribution in [0, 0.1) is 0 Å². The number of hydrogen-bond donors (Lipinski definition) is 0. The lowest BCUT2D eigenvalue weighted by Crippen LogP contribution is -2.48. The first-order valence-electron chi connectivity index (χ1n) is 7.61. The fraction of sp³-hybridized carbons (Fsp3) is 0.278. The number of methoxy groups -OCH3 is 1. The van der Waals surface area contributed by atoms with Gasteiger partial charge in [0.15, 0.2) is 0 Å². The fourth-order valence-corrected chi connectivity index (χ4v) is 3.27. The Morgan fingerprint density at radius 3 is 2.48 bits per heavy atom. The number of halogens is 1. The second-order valence-corrected chi connectivity index (χ2v) is 6.31. The Hall–Kier alpha value is -1.78. The number of nitrogens with zero attached hydrogens (tertiary/aromatic N) is 2. The summed E-state index contributed by atoms with van der Waals surface area (Å²) in [5.74, 6) is 0.836. The maximum atomic E-state index is 6.08. The van der Waals surface area contributed by atoms with Crippen LogP contribution in [0.1, 0.15) is 5.56 Å². The number of benzene rings is 2. The molecule has 0 spiro atoms. The van der Waals surface area contributed by atoms with Crippen molar-refractivity contribution in [3.63, 3.8) is 0 Å². The van der Waals surface area contributed by atoms with Gasteiger partial charge >= 0.3 is 0 Å². The van der Waals surface area contributed by atoms with E-state index in [1.54, 1.807) is 7.11 Å². The molecule has 0 aromatic heterocycles. The Labute approximate surface area is 147 Å². The van der Waals surface area contributed by atoms with Crippen molar-refractivity contribution in [2.75, 3.05) is 38.2 Å². The topological polar surface area (TPSA) is 15.7 Å². The highest BCUT2D eigenvalue weighted by atomic mass is 35.5. The number of piperazine rings is 1. The van der Waals surface area contributed by atoms with Crippen molar-refractivity contribution in [1.82, 2.24) is 4.90 Å². The molecule has 1 aliphatic heterocycles. The minimum absolute atomic E-state index is 0.775. The monoisotopic (exact) mass is 346 g/mol. The average molecular weight is 347 g/mol. The van der Waals surface area contributed by atoms with Crippen LogP contribution in [0.15, 0.2) is 48.5 Å². The molecule has 0 unspecified atom stereocenters. The maximum absolute atomic E-state index is 6.08. The predicted molar refractivity (Wildman–Crippen MR) is 99.9 cm³/mol. The Balaban J connectivity index is 1.65. The van der Waals surface area contributed by atoms with Gasteiger partial charge < -0.3 is 14.5 Å². The molecule has 2 aromatic carbocycles. The Kier molecular flexibility index (Phi) is 5.03. The van der Waals surface area contributed by atoms with Gasteiger partial charge in [-0.3, -0.25) is 0 Å². The summed E-state index contributed by atoms with van der Waals surface area (Å²) in [5, 5.41) is 0.775. The van der Waals surface area contributed by atoms with Gasteiger partial charge in [-0.2, -0.15) is 0 Å². The molecule has 2 aromatic rings. The van der Waals surface area contributed by atoms with Crippen molar-refractivity contribution in [3.8, 4) is 5.75 Å². The molecule has 0 aliphatic carbocycles. The lowest BCUT2D eigenvalue weighted by molar-refractivity contribution is 0.391. The van der Waals surface area contributed by atoms with Crippen molar-refractivity contribution in [2.24, 2.45) is 0 Å². The van der Waals surface area contributed by atoms with E-state index in [2.05, 4.69) is 15.9 Å². The van der Waals surface area contributed by atoms with Gasteiger partial charge in [0.1, 0.15) is 10.7 Å². The zero-order valence-corrected chi connectivity index (χ0v) is 14.6. The van der Waals surface area contributed by atoms with Gasteiger partial charge in [-0.05, 0) is 30.3 Å². The van der Waals surface area contributed by atoms with Gasteiger partial charge in [0.25, 0.3) is 0 Å². The van der Waals surface area contributed by atoms with E-state index in [0.29, 0.717) is 0 Å². The van der Waals surface area contributed by atoms with Crippen LogP contribution >= 0.6 is 23.8 Å². The maximum Gasteiger partial charge on any atom is 0.119 e. The first kappa shape index (κ1) is 16.1. The van der Waals surface area contributed by atoms with Gasteiger partial charge in [-0.25, -0.2) is 0 Å². The minimum Gasteiger partial charge on any atom is -0.497 e. The van der Waals surface area contributed by atoms with Crippen LogP contribution in [-0.4, -0.2) is 43.2 Å².